The SMILES string of the molecule is Cc1ccc([C@@H]2OCC(C)(C)n3c(-c4cccc(Br)c4)c4c(=O)n(C)c(=O)n(C)c4c32)o1. The van der Waals surface area contributed by atoms with Gasteiger partial charge in [0.1, 0.15) is 11.5 Å². The Hall–Kier alpha value is -2.84. The van der Waals surface area contributed by atoms with Crippen molar-refractivity contribution in [1.29, 1.82) is 0 Å². The van der Waals surface area contributed by atoms with Gasteiger partial charge in [0.05, 0.1) is 34.4 Å². The third kappa shape index (κ3) is 2.89. The molecular formula is C24H24BrN3O4. The molecule has 8 heteroatoms. The lowest BCUT2D eigenvalue weighted by atomic mass is 10.0. The minimum atomic E-state index is -0.544. The Morgan fingerprint density at radius 2 is 1.84 bits per heavy atom. The molecule has 3 aromatic heterocycles. The molecule has 4 heterocycles. The van der Waals surface area contributed by atoms with Gasteiger partial charge in [-0.2, -0.15) is 0 Å². The van der Waals surface area contributed by atoms with E-state index in [4.69, 9.17) is 9.15 Å². The second-order valence-corrected chi connectivity index (χ2v) is 9.88. The molecule has 0 bridgehead atoms. The molecule has 0 radical (unpaired) electrons. The molecule has 0 amide bonds. The predicted molar refractivity (Wildman–Crippen MR) is 126 cm³/mol. The topological polar surface area (TPSA) is 71.3 Å². The highest BCUT2D eigenvalue weighted by atomic mass is 79.9. The summed E-state index contributed by atoms with van der Waals surface area (Å²) in [6.45, 7) is 6.44. The number of aromatic nitrogens is 3. The van der Waals surface area contributed by atoms with E-state index >= 15 is 0 Å². The number of rotatable bonds is 2. The first-order valence-electron chi connectivity index (χ1n) is 10.4. The van der Waals surface area contributed by atoms with E-state index in [9.17, 15) is 9.59 Å². The van der Waals surface area contributed by atoms with Gasteiger partial charge in [-0.15, -0.1) is 0 Å². The summed E-state index contributed by atoms with van der Waals surface area (Å²) in [7, 11) is 3.21. The predicted octanol–water partition coefficient (Wildman–Crippen LogP) is 4.22. The van der Waals surface area contributed by atoms with Gasteiger partial charge in [0.15, 0.2) is 6.10 Å². The van der Waals surface area contributed by atoms with Crippen molar-refractivity contribution in [2.45, 2.75) is 32.4 Å². The average Bonchev–Trinajstić information content (AvgIpc) is 3.33. The molecule has 1 aliphatic heterocycles. The van der Waals surface area contributed by atoms with Gasteiger partial charge in [0, 0.05) is 24.1 Å². The summed E-state index contributed by atoms with van der Waals surface area (Å²) in [5.74, 6) is 1.42. The molecule has 0 fully saturated rings. The highest BCUT2D eigenvalue weighted by molar-refractivity contribution is 9.10. The Bertz CT molecular complexity index is 1500. The second kappa shape index (κ2) is 7.08. The number of aryl methyl sites for hydroxylation is 2. The van der Waals surface area contributed by atoms with E-state index < -0.39 is 11.6 Å². The summed E-state index contributed by atoms with van der Waals surface area (Å²) in [6.07, 6.45) is -0.544. The number of halogens is 1. The van der Waals surface area contributed by atoms with Gasteiger partial charge in [0.2, 0.25) is 0 Å². The zero-order chi connectivity index (χ0) is 22.9. The van der Waals surface area contributed by atoms with Crippen LogP contribution in [0.2, 0.25) is 0 Å². The van der Waals surface area contributed by atoms with Crippen molar-refractivity contribution in [3.63, 3.8) is 0 Å². The first-order chi connectivity index (χ1) is 15.1. The second-order valence-electron chi connectivity index (χ2n) is 8.96. The minimum Gasteiger partial charge on any atom is -0.463 e. The fraction of sp³-hybridized carbons (Fsp3) is 0.333. The van der Waals surface area contributed by atoms with Crippen LogP contribution in [-0.2, 0) is 24.4 Å². The number of ether oxygens (including phenoxy) is 1. The summed E-state index contributed by atoms with van der Waals surface area (Å²) in [5.41, 5.74) is 1.80. The Morgan fingerprint density at radius 1 is 1.09 bits per heavy atom. The van der Waals surface area contributed by atoms with Crippen LogP contribution < -0.4 is 11.2 Å². The van der Waals surface area contributed by atoms with Crippen LogP contribution in [-0.4, -0.2) is 20.3 Å². The lowest BCUT2D eigenvalue weighted by molar-refractivity contribution is -0.0166. The molecule has 7 nitrogen and oxygen atoms in total. The lowest BCUT2D eigenvalue weighted by Crippen LogP contribution is -2.40. The summed E-state index contributed by atoms with van der Waals surface area (Å²) >= 11 is 3.56. The van der Waals surface area contributed by atoms with Crippen LogP contribution in [0.15, 0.2) is 54.9 Å². The van der Waals surface area contributed by atoms with Gasteiger partial charge in [-0.3, -0.25) is 13.9 Å². The normalized spacial score (nSPS) is 17.6. The van der Waals surface area contributed by atoms with E-state index in [1.807, 2.05) is 43.3 Å². The number of furan rings is 1. The number of nitrogens with zero attached hydrogens (tertiary/aromatic N) is 3. The standard InChI is InChI=1S/C24H24BrN3O4/c1-13-9-10-16(32-13)21-20-19-17(22(29)27(5)23(30)26(19)4)18(14-7-6-8-15(25)11-14)28(20)24(2,3)12-31-21/h6-11,21H,12H2,1-5H3/t21-/m0/s1. The molecule has 4 aromatic rings. The van der Waals surface area contributed by atoms with Gasteiger partial charge < -0.3 is 13.7 Å². The van der Waals surface area contributed by atoms with Crippen molar-refractivity contribution in [3.8, 4) is 11.3 Å². The van der Waals surface area contributed by atoms with Gasteiger partial charge >= 0.3 is 5.69 Å². The Kier molecular flexibility index (Phi) is 4.65. The van der Waals surface area contributed by atoms with Gasteiger partial charge in [-0.1, -0.05) is 28.1 Å². The maximum absolute atomic E-state index is 13.5. The van der Waals surface area contributed by atoms with Crippen LogP contribution in [0.5, 0.6) is 0 Å². The Labute approximate surface area is 193 Å². The van der Waals surface area contributed by atoms with Crippen LogP contribution in [0, 0.1) is 6.92 Å². The van der Waals surface area contributed by atoms with E-state index in [-0.39, 0.29) is 11.2 Å². The zero-order valence-electron chi connectivity index (χ0n) is 18.6. The molecule has 1 aliphatic rings. The molecular weight excluding hydrogens is 474 g/mol. The monoisotopic (exact) mass is 497 g/mol. The molecule has 5 rings (SSSR count). The van der Waals surface area contributed by atoms with Crippen molar-refractivity contribution in [1.82, 2.24) is 13.7 Å². The van der Waals surface area contributed by atoms with Crippen LogP contribution in [0.25, 0.3) is 22.2 Å². The Morgan fingerprint density at radius 3 is 2.50 bits per heavy atom. The average molecular weight is 498 g/mol. The molecule has 32 heavy (non-hydrogen) atoms. The summed E-state index contributed by atoms with van der Waals surface area (Å²) < 4.78 is 18.0. The lowest BCUT2D eigenvalue weighted by Gasteiger charge is -2.38. The third-order valence-electron chi connectivity index (χ3n) is 6.18. The molecule has 0 N–H and O–H groups in total. The third-order valence-corrected chi connectivity index (χ3v) is 6.68. The molecule has 1 atom stereocenters. The molecule has 166 valence electrons. The minimum absolute atomic E-state index is 0.329. The summed E-state index contributed by atoms with van der Waals surface area (Å²) in [5, 5.41) is 0.495. The van der Waals surface area contributed by atoms with Gasteiger partial charge in [-0.25, -0.2) is 4.79 Å². The van der Waals surface area contributed by atoms with Gasteiger partial charge in [-0.05, 0) is 45.0 Å². The van der Waals surface area contributed by atoms with Crippen molar-refractivity contribution >= 4 is 26.8 Å². The highest BCUT2D eigenvalue weighted by Crippen LogP contribution is 2.45. The van der Waals surface area contributed by atoms with Crippen LogP contribution >= 0.6 is 15.9 Å². The molecule has 0 saturated carbocycles. The van der Waals surface area contributed by atoms with Crippen molar-refractivity contribution in [3.05, 3.63) is 78.9 Å². The first kappa shape index (κ1) is 21.0. The summed E-state index contributed by atoms with van der Waals surface area (Å²) in [6, 6.07) is 11.6. The maximum Gasteiger partial charge on any atom is 0.331 e. The smallest absolute Gasteiger partial charge is 0.331 e. The van der Waals surface area contributed by atoms with Crippen molar-refractivity contribution < 1.29 is 9.15 Å². The quantitative estimate of drug-likeness (QED) is 0.415. The van der Waals surface area contributed by atoms with Gasteiger partial charge in [0.25, 0.3) is 5.56 Å². The fourth-order valence-corrected chi connectivity index (χ4v) is 5.12. The van der Waals surface area contributed by atoms with E-state index in [1.54, 1.807) is 7.05 Å². The van der Waals surface area contributed by atoms with Crippen LogP contribution in [0.4, 0.5) is 0 Å². The number of hydrogen-bond donors (Lipinski definition) is 0. The first-order valence-corrected chi connectivity index (χ1v) is 11.2. The highest BCUT2D eigenvalue weighted by Gasteiger charge is 2.41. The summed E-state index contributed by atoms with van der Waals surface area (Å²) in [4.78, 5) is 26.5. The van der Waals surface area contributed by atoms with E-state index in [2.05, 4.69) is 34.3 Å². The number of fused-ring (bicyclic) bond motifs is 3. The van der Waals surface area contributed by atoms with Crippen molar-refractivity contribution in [2.24, 2.45) is 14.1 Å². The van der Waals surface area contributed by atoms with E-state index in [1.165, 1.54) is 11.6 Å². The molecule has 0 spiro atoms. The molecule has 0 saturated heterocycles. The van der Waals surface area contributed by atoms with E-state index in [0.717, 1.165) is 31.8 Å². The van der Waals surface area contributed by atoms with E-state index in [0.29, 0.717) is 23.3 Å². The molecule has 0 unspecified atom stereocenters. The van der Waals surface area contributed by atoms with Crippen LogP contribution in [0.1, 0.15) is 37.2 Å². The number of benzene rings is 1. The maximum atomic E-state index is 13.5. The van der Waals surface area contributed by atoms with Crippen LogP contribution in [0.3, 0.4) is 0 Å². The molecule has 1 aromatic carbocycles. The Balaban J connectivity index is 2.03. The zero-order valence-corrected chi connectivity index (χ0v) is 20.2. The fourth-order valence-electron chi connectivity index (χ4n) is 4.72. The number of hydrogen-bond acceptors (Lipinski definition) is 4. The van der Waals surface area contributed by atoms with Crippen molar-refractivity contribution in [2.75, 3.05) is 6.61 Å². The molecule has 0 aliphatic carbocycles. The largest absolute Gasteiger partial charge is 0.463 e.